The van der Waals surface area contributed by atoms with Gasteiger partial charge < -0.3 is 18.6 Å². The van der Waals surface area contributed by atoms with Crippen LogP contribution in [0.1, 0.15) is 43.4 Å². The Bertz CT molecular complexity index is 1360. The van der Waals surface area contributed by atoms with Gasteiger partial charge in [-0.2, -0.15) is 0 Å². The zero-order valence-corrected chi connectivity index (χ0v) is 19.8. The average Bonchev–Trinajstić information content (AvgIpc) is 2.82. The summed E-state index contributed by atoms with van der Waals surface area (Å²) in [7, 11) is 0. The van der Waals surface area contributed by atoms with Gasteiger partial charge in [0.2, 0.25) is 0 Å². The average molecular weight is 483 g/mol. The molecule has 2 atom stereocenters. The van der Waals surface area contributed by atoms with Crippen molar-refractivity contribution in [1.29, 1.82) is 0 Å². The number of carbonyl (C=O) groups excluding carboxylic acids is 1. The van der Waals surface area contributed by atoms with E-state index in [1.807, 2.05) is 15.5 Å². The van der Waals surface area contributed by atoms with Crippen LogP contribution in [-0.2, 0) is 17.8 Å². The highest BCUT2D eigenvalue weighted by Gasteiger charge is 2.36. The van der Waals surface area contributed by atoms with Gasteiger partial charge in [0.05, 0.1) is 5.02 Å². The zero-order valence-electron chi connectivity index (χ0n) is 19.1. The summed E-state index contributed by atoms with van der Waals surface area (Å²) in [6.07, 6.45) is 3.71. The zero-order chi connectivity index (χ0) is 23.8. The molecule has 2 bridgehead atoms. The summed E-state index contributed by atoms with van der Waals surface area (Å²) in [5.41, 5.74) is 1.90. The smallest absolute Gasteiger partial charge is 0.336 e. The number of aryl methyl sites for hydroxylation is 1. The molecule has 178 valence electrons. The number of pyridine rings is 1. The Kier molecular flexibility index (Phi) is 6.21. The van der Waals surface area contributed by atoms with E-state index in [-0.39, 0.29) is 29.9 Å². The minimum atomic E-state index is -0.415. The van der Waals surface area contributed by atoms with Gasteiger partial charge in [-0.3, -0.25) is 9.59 Å². The van der Waals surface area contributed by atoms with Gasteiger partial charge >= 0.3 is 5.63 Å². The number of unbranched alkanes of at least 4 members (excludes halogenated alkanes) is 1. The molecule has 8 heteroatoms. The highest BCUT2D eigenvalue weighted by molar-refractivity contribution is 6.32. The van der Waals surface area contributed by atoms with Crippen LogP contribution in [0.25, 0.3) is 11.0 Å². The van der Waals surface area contributed by atoms with Gasteiger partial charge in [-0.05, 0) is 42.9 Å². The van der Waals surface area contributed by atoms with Gasteiger partial charge in [-0.15, -0.1) is 0 Å². The summed E-state index contributed by atoms with van der Waals surface area (Å²) in [6, 6.07) is 10.2. The monoisotopic (exact) mass is 482 g/mol. The largest absolute Gasteiger partial charge is 0.482 e. The minimum Gasteiger partial charge on any atom is -0.482 e. The molecule has 2 aliphatic heterocycles. The number of amides is 1. The molecule has 0 unspecified atom stereocenters. The molecule has 1 saturated heterocycles. The lowest BCUT2D eigenvalue weighted by Crippen LogP contribution is -2.50. The highest BCUT2D eigenvalue weighted by atomic mass is 35.5. The standard InChI is InChI=1S/C26H27ClN2O5/c1-2-3-5-17-9-26(32)34-22-11-23(20(27)10-19(17)22)33-15-25(31)28-12-16-8-18(14-28)21-6-4-7-24(30)29(21)13-16/h4,6-7,9-11,16,18H,2-3,5,8,12-15H2,1H3/t16-,18+/m0/s1. The number of carbonyl (C=O) groups is 1. The number of likely N-dealkylation sites (tertiary alicyclic amines) is 1. The number of fused-ring (bicyclic) bond motifs is 5. The molecule has 0 aliphatic carbocycles. The lowest BCUT2D eigenvalue weighted by molar-refractivity contribution is -0.136. The summed E-state index contributed by atoms with van der Waals surface area (Å²) >= 11 is 6.47. The lowest BCUT2D eigenvalue weighted by atomic mass is 9.83. The third-order valence-electron chi connectivity index (χ3n) is 6.87. The molecule has 1 fully saturated rings. The van der Waals surface area contributed by atoms with Crippen molar-refractivity contribution in [3.8, 4) is 5.75 Å². The number of hydrogen-bond donors (Lipinski definition) is 0. The molecule has 0 radical (unpaired) electrons. The summed E-state index contributed by atoms with van der Waals surface area (Å²) in [4.78, 5) is 39.0. The first kappa shape index (κ1) is 22.7. The fourth-order valence-electron chi connectivity index (χ4n) is 5.24. The molecule has 0 spiro atoms. The number of rotatable bonds is 6. The topological polar surface area (TPSA) is 81.8 Å². The van der Waals surface area contributed by atoms with E-state index in [0.717, 1.165) is 42.3 Å². The van der Waals surface area contributed by atoms with Crippen LogP contribution in [0.5, 0.6) is 5.75 Å². The van der Waals surface area contributed by atoms with E-state index in [4.69, 9.17) is 20.8 Å². The van der Waals surface area contributed by atoms with Crippen molar-refractivity contribution in [3.05, 3.63) is 73.5 Å². The van der Waals surface area contributed by atoms with E-state index < -0.39 is 5.63 Å². The van der Waals surface area contributed by atoms with Crippen LogP contribution < -0.4 is 15.9 Å². The van der Waals surface area contributed by atoms with Gasteiger partial charge in [0.1, 0.15) is 11.3 Å². The predicted molar refractivity (Wildman–Crippen MR) is 130 cm³/mol. The Morgan fingerprint density at radius 3 is 2.85 bits per heavy atom. The van der Waals surface area contributed by atoms with Gasteiger partial charge in [0.15, 0.2) is 6.61 Å². The SMILES string of the molecule is CCCCc1cc(=O)oc2cc(OCC(=O)N3C[C@@H]4C[C@H](C3)c3cccc(=O)n3C4)c(Cl)cc12. The number of aromatic nitrogens is 1. The van der Waals surface area contributed by atoms with Crippen LogP contribution in [0.15, 0.2) is 50.4 Å². The summed E-state index contributed by atoms with van der Waals surface area (Å²) in [5.74, 6) is 0.573. The van der Waals surface area contributed by atoms with E-state index >= 15 is 0 Å². The molecule has 0 saturated carbocycles. The van der Waals surface area contributed by atoms with Crippen LogP contribution in [0.2, 0.25) is 5.02 Å². The molecular formula is C26H27ClN2O5. The molecule has 4 heterocycles. The number of piperidine rings is 1. The molecule has 7 nitrogen and oxygen atoms in total. The number of benzene rings is 1. The van der Waals surface area contributed by atoms with E-state index in [0.29, 0.717) is 36.0 Å². The summed E-state index contributed by atoms with van der Waals surface area (Å²) in [5, 5.41) is 1.16. The van der Waals surface area contributed by atoms with Crippen LogP contribution >= 0.6 is 11.6 Å². The Balaban J connectivity index is 1.31. The molecule has 0 N–H and O–H groups in total. The normalized spacial score (nSPS) is 19.2. The van der Waals surface area contributed by atoms with E-state index in [1.54, 1.807) is 24.3 Å². The maximum absolute atomic E-state index is 13.0. The van der Waals surface area contributed by atoms with Crippen LogP contribution in [0.3, 0.4) is 0 Å². The quantitative estimate of drug-likeness (QED) is 0.496. The second-order valence-electron chi connectivity index (χ2n) is 9.26. The predicted octanol–water partition coefficient (Wildman–Crippen LogP) is 3.98. The first-order valence-corrected chi connectivity index (χ1v) is 12.2. The Morgan fingerprint density at radius 2 is 2.03 bits per heavy atom. The third-order valence-corrected chi connectivity index (χ3v) is 7.16. The van der Waals surface area contributed by atoms with Crippen LogP contribution in [0.4, 0.5) is 0 Å². The molecule has 3 aromatic rings. The molecule has 34 heavy (non-hydrogen) atoms. The van der Waals surface area contributed by atoms with Crippen molar-refractivity contribution in [2.24, 2.45) is 5.92 Å². The molecule has 2 aromatic heterocycles. The minimum absolute atomic E-state index is 0.0192. The summed E-state index contributed by atoms with van der Waals surface area (Å²) < 4.78 is 13.0. The number of halogens is 1. The summed E-state index contributed by atoms with van der Waals surface area (Å²) in [6.45, 7) is 3.72. The maximum atomic E-state index is 13.0. The third kappa shape index (κ3) is 4.37. The van der Waals surface area contributed by atoms with Crippen molar-refractivity contribution in [2.45, 2.75) is 45.1 Å². The number of hydrogen-bond acceptors (Lipinski definition) is 5. The highest BCUT2D eigenvalue weighted by Crippen LogP contribution is 2.35. The van der Waals surface area contributed by atoms with Crippen LogP contribution in [-0.4, -0.2) is 35.1 Å². The molecule has 5 rings (SSSR count). The number of ether oxygens (including phenoxy) is 1. The van der Waals surface area contributed by atoms with Crippen molar-refractivity contribution in [2.75, 3.05) is 19.7 Å². The Morgan fingerprint density at radius 1 is 1.18 bits per heavy atom. The van der Waals surface area contributed by atoms with E-state index in [1.165, 1.54) is 6.07 Å². The second kappa shape index (κ2) is 9.29. The van der Waals surface area contributed by atoms with Gasteiger partial charge in [0.25, 0.3) is 11.5 Å². The van der Waals surface area contributed by atoms with Gasteiger partial charge in [-0.25, -0.2) is 4.79 Å². The van der Waals surface area contributed by atoms with E-state index in [2.05, 4.69) is 6.92 Å². The van der Waals surface area contributed by atoms with Crippen molar-refractivity contribution in [1.82, 2.24) is 9.47 Å². The van der Waals surface area contributed by atoms with Crippen molar-refractivity contribution < 1.29 is 13.9 Å². The Hall–Kier alpha value is -3.06. The molecule has 1 amide bonds. The molecule has 2 aliphatic rings. The van der Waals surface area contributed by atoms with Gasteiger partial charge in [0, 0.05) is 54.8 Å². The van der Waals surface area contributed by atoms with Crippen LogP contribution in [0, 0.1) is 5.92 Å². The van der Waals surface area contributed by atoms with Crippen molar-refractivity contribution >= 4 is 28.5 Å². The Labute approximate surface area is 201 Å². The fourth-order valence-corrected chi connectivity index (χ4v) is 5.46. The first-order valence-electron chi connectivity index (χ1n) is 11.8. The van der Waals surface area contributed by atoms with Gasteiger partial charge in [-0.1, -0.05) is 31.0 Å². The second-order valence-corrected chi connectivity index (χ2v) is 9.67. The first-order chi connectivity index (χ1) is 16.4. The van der Waals surface area contributed by atoms with Crippen molar-refractivity contribution in [3.63, 3.8) is 0 Å². The van der Waals surface area contributed by atoms with E-state index in [9.17, 15) is 14.4 Å². The molecular weight excluding hydrogens is 456 g/mol. The maximum Gasteiger partial charge on any atom is 0.336 e. The number of nitrogens with zero attached hydrogens (tertiary/aromatic N) is 2. The fraction of sp³-hybridized carbons (Fsp3) is 0.423. The molecule has 1 aromatic carbocycles. The lowest BCUT2D eigenvalue weighted by Gasteiger charge is -2.42.